The minimum absolute atomic E-state index is 0.0971. The monoisotopic (exact) mass is 386 g/mol. The Balaban J connectivity index is 1.99. The van der Waals surface area contributed by atoms with Crippen molar-refractivity contribution in [1.29, 1.82) is 0 Å². The summed E-state index contributed by atoms with van der Waals surface area (Å²) < 4.78 is 0. The first-order valence-corrected chi connectivity index (χ1v) is 9.29. The maximum absolute atomic E-state index is 12.4. The largest absolute Gasteiger partial charge is 0.478 e. The number of pyridine rings is 1. The number of rotatable bonds is 6. The Morgan fingerprint density at radius 1 is 1.00 bits per heavy atom. The standard InChI is InChI=1S/C24H22N2O3/c1-3-9-18-10-4-7-15-23(18)26(17(2)27)16-19-11-8-14-22(25-19)20-12-5-6-13-21(20)24(28)29/h3-15H,16H2,1-2H3,(H,28,29)/b9-3-. The third-order valence-corrected chi connectivity index (χ3v) is 4.51. The summed E-state index contributed by atoms with van der Waals surface area (Å²) in [5.41, 5.74) is 3.72. The maximum Gasteiger partial charge on any atom is 0.336 e. The van der Waals surface area contributed by atoms with Crippen LogP contribution >= 0.6 is 0 Å². The van der Waals surface area contributed by atoms with Gasteiger partial charge in [-0.3, -0.25) is 9.78 Å². The van der Waals surface area contributed by atoms with E-state index in [4.69, 9.17) is 0 Å². The van der Waals surface area contributed by atoms with Crippen LogP contribution in [0.5, 0.6) is 0 Å². The number of benzene rings is 2. The second kappa shape index (κ2) is 8.97. The van der Waals surface area contributed by atoms with Gasteiger partial charge in [0.05, 0.1) is 29.2 Å². The lowest BCUT2D eigenvalue weighted by atomic mass is 10.0. The number of carboxylic acids is 1. The van der Waals surface area contributed by atoms with Gasteiger partial charge < -0.3 is 10.0 Å². The number of para-hydroxylation sites is 1. The van der Waals surface area contributed by atoms with Gasteiger partial charge in [-0.05, 0) is 36.8 Å². The third kappa shape index (κ3) is 4.58. The normalized spacial score (nSPS) is 10.8. The number of carbonyl (C=O) groups excluding carboxylic acids is 1. The molecule has 3 aromatic rings. The number of allylic oxidation sites excluding steroid dienone is 1. The number of nitrogens with zero attached hydrogens (tertiary/aromatic N) is 2. The molecule has 1 N–H and O–H groups in total. The zero-order chi connectivity index (χ0) is 20.8. The van der Waals surface area contributed by atoms with Crippen LogP contribution in [0.15, 0.2) is 72.8 Å². The lowest BCUT2D eigenvalue weighted by Crippen LogP contribution is -2.29. The molecule has 146 valence electrons. The Bertz CT molecular complexity index is 1070. The highest BCUT2D eigenvalue weighted by molar-refractivity contribution is 5.95. The first-order valence-electron chi connectivity index (χ1n) is 9.29. The highest BCUT2D eigenvalue weighted by Gasteiger charge is 2.17. The Morgan fingerprint density at radius 3 is 2.45 bits per heavy atom. The summed E-state index contributed by atoms with van der Waals surface area (Å²) in [6, 6.07) is 19.9. The molecule has 1 amide bonds. The Labute approximate surface area is 170 Å². The number of aromatic carboxylic acids is 1. The molecule has 2 aromatic carbocycles. The molecule has 0 bridgehead atoms. The molecule has 0 atom stereocenters. The van der Waals surface area contributed by atoms with E-state index in [0.29, 0.717) is 17.0 Å². The molecular weight excluding hydrogens is 364 g/mol. The zero-order valence-corrected chi connectivity index (χ0v) is 16.4. The van der Waals surface area contributed by atoms with E-state index in [1.54, 1.807) is 35.2 Å². The van der Waals surface area contributed by atoms with Crippen LogP contribution in [0.1, 0.15) is 35.5 Å². The molecule has 0 spiro atoms. The fraction of sp³-hybridized carbons (Fsp3) is 0.125. The average molecular weight is 386 g/mol. The van der Waals surface area contributed by atoms with E-state index in [9.17, 15) is 14.7 Å². The first-order chi connectivity index (χ1) is 14.0. The molecule has 5 heteroatoms. The molecule has 0 saturated heterocycles. The second-order valence-corrected chi connectivity index (χ2v) is 6.53. The van der Waals surface area contributed by atoms with Crippen molar-refractivity contribution in [3.8, 4) is 11.3 Å². The fourth-order valence-corrected chi connectivity index (χ4v) is 3.19. The van der Waals surface area contributed by atoms with Crippen molar-refractivity contribution < 1.29 is 14.7 Å². The van der Waals surface area contributed by atoms with Gasteiger partial charge in [-0.2, -0.15) is 0 Å². The average Bonchev–Trinajstić information content (AvgIpc) is 2.73. The highest BCUT2D eigenvalue weighted by atomic mass is 16.4. The summed E-state index contributed by atoms with van der Waals surface area (Å²) in [6.45, 7) is 3.74. The predicted octanol–water partition coefficient (Wildman–Crippen LogP) is 5.03. The summed E-state index contributed by atoms with van der Waals surface area (Å²) >= 11 is 0. The van der Waals surface area contributed by atoms with Crippen LogP contribution in [-0.4, -0.2) is 22.0 Å². The van der Waals surface area contributed by atoms with Crippen molar-refractivity contribution in [1.82, 2.24) is 4.98 Å². The van der Waals surface area contributed by atoms with E-state index in [1.165, 1.54) is 6.92 Å². The minimum Gasteiger partial charge on any atom is -0.478 e. The topological polar surface area (TPSA) is 70.5 Å². The minimum atomic E-state index is -1.00. The van der Waals surface area contributed by atoms with E-state index in [2.05, 4.69) is 4.98 Å². The van der Waals surface area contributed by atoms with E-state index in [1.807, 2.05) is 55.5 Å². The predicted molar refractivity (Wildman–Crippen MR) is 115 cm³/mol. The number of carbonyl (C=O) groups is 2. The molecular formula is C24H22N2O3. The smallest absolute Gasteiger partial charge is 0.336 e. The van der Waals surface area contributed by atoms with Crippen molar-refractivity contribution in [2.24, 2.45) is 0 Å². The van der Waals surface area contributed by atoms with Crippen LogP contribution in [0, 0.1) is 0 Å². The number of amides is 1. The summed E-state index contributed by atoms with van der Waals surface area (Å²) in [7, 11) is 0. The van der Waals surface area contributed by atoms with E-state index in [-0.39, 0.29) is 18.0 Å². The SMILES string of the molecule is C/C=C\c1ccccc1N(Cc1cccc(-c2ccccc2C(=O)O)n1)C(C)=O. The first kappa shape index (κ1) is 20.0. The van der Waals surface area contributed by atoms with Gasteiger partial charge in [-0.15, -0.1) is 0 Å². The molecule has 5 nitrogen and oxygen atoms in total. The molecule has 1 heterocycles. The molecule has 0 radical (unpaired) electrons. The number of anilines is 1. The van der Waals surface area contributed by atoms with Gasteiger partial charge in [0.15, 0.2) is 0 Å². The number of carboxylic acid groups (broad SMARTS) is 1. The molecule has 0 aliphatic rings. The molecule has 0 aliphatic heterocycles. The van der Waals surface area contributed by atoms with Crippen molar-refractivity contribution in [3.05, 3.63) is 89.6 Å². The lowest BCUT2D eigenvalue weighted by Gasteiger charge is -2.23. The third-order valence-electron chi connectivity index (χ3n) is 4.51. The Morgan fingerprint density at radius 2 is 1.72 bits per heavy atom. The molecule has 0 aliphatic carbocycles. The summed E-state index contributed by atoms with van der Waals surface area (Å²) in [5.74, 6) is -1.10. The molecule has 3 rings (SSSR count). The molecule has 29 heavy (non-hydrogen) atoms. The van der Waals surface area contributed by atoms with E-state index >= 15 is 0 Å². The van der Waals surface area contributed by atoms with Crippen LogP contribution in [0.25, 0.3) is 17.3 Å². The Hall–Kier alpha value is -3.73. The van der Waals surface area contributed by atoms with Gasteiger partial charge in [-0.25, -0.2) is 4.79 Å². The molecule has 0 unspecified atom stereocenters. The van der Waals surface area contributed by atoms with Gasteiger partial charge in [0.1, 0.15) is 0 Å². The summed E-state index contributed by atoms with van der Waals surface area (Å²) in [4.78, 5) is 30.2. The van der Waals surface area contributed by atoms with Crippen LogP contribution in [-0.2, 0) is 11.3 Å². The maximum atomic E-state index is 12.4. The van der Waals surface area contributed by atoms with Gasteiger partial charge >= 0.3 is 5.97 Å². The molecule has 0 saturated carbocycles. The van der Waals surface area contributed by atoms with Gasteiger partial charge in [0, 0.05) is 12.5 Å². The van der Waals surface area contributed by atoms with E-state index < -0.39 is 5.97 Å². The van der Waals surface area contributed by atoms with Gasteiger partial charge in [0.25, 0.3) is 0 Å². The van der Waals surface area contributed by atoms with Crippen molar-refractivity contribution in [2.75, 3.05) is 4.90 Å². The van der Waals surface area contributed by atoms with Crippen molar-refractivity contribution in [3.63, 3.8) is 0 Å². The number of hydrogen-bond donors (Lipinski definition) is 1. The van der Waals surface area contributed by atoms with Crippen LogP contribution in [0.2, 0.25) is 0 Å². The molecule has 1 aromatic heterocycles. The number of hydrogen-bond acceptors (Lipinski definition) is 3. The zero-order valence-electron chi connectivity index (χ0n) is 16.4. The Kier molecular flexibility index (Phi) is 6.19. The van der Waals surface area contributed by atoms with Gasteiger partial charge in [0.2, 0.25) is 5.91 Å². The lowest BCUT2D eigenvalue weighted by molar-refractivity contribution is -0.116. The highest BCUT2D eigenvalue weighted by Crippen LogP contribution is 2.26. The summed E-state index contributed by atoms with van der Waals surface area (Å²) in [6.07, 6.45) is 3.89. The van der Waals surface area contributed by atoms with Gasteiger partial charge in [-0.1, -0.05) is 54.6 Å². The number of aromatic nitrogens is 1. The van der Waals surface area contributed by atoms with E-state index in [0.717, 1.165) is 11.3 Å². The second-order valence-electron chi connectivity index (χ2n) is 6.53. The quantitative estimate of drug-likeness (QED) is 0.645. The fourth-order valence-electron chi connectivity index (χ4n) is 3.19. The summed E-state index contributed by atoms with van der Waals surface area (Å²) in [5, 5.41) is 9.46. The van der Waals surface area contributed by atoms with Crippen molar-refractivity contribution >= 4 is 23.6 Å². The van der Waals surface area contributed by atoms with Crippen LogP contribution < -0.4 is 4.90 Å². The van der Waals surface area contributed by atoms with Crippen LogP contribution in [0.4, 0.5) is 5.69 Å². The van der Waals surface area contributed by atoms with Crippen LogP contribution in [0.3, 0.4) is 0 Å². The van der Waals surface area contributed by atoms with Crippen molar-refractivity contribution in [2.45, 2.75) is 20.4 Å². The molecule has 0 fully saturated rings.